The van der Waals surface area contributed by atoms with E-state index in [9.17, 15) is 13.6 Å². The van der Waals surface area contributed by atoms with Gasteiger partial charge in [-0.1, -0.05) is 39.8 Å². The zero-order valence-electron chi connectivity index (χ0n) is 13.2. The Hall–Kier alpha value is -1.45. The second kappa shape index (κ2) is 6.54. The fraction of sp³-hybridized carbons (Fsp3) is 0.588. The highest BCUT2D eigenvalue weighted by Crippen LogP contribution is 2.43. The third kappa shape index (κ3) is 4.80. The summed E-state index contributed by atoms with van der Waals surface area (Å²) in [5, 5.41) is 8.85. The van der Waals surface area contributed by atoms with Crippen molar-refractivity contribution in [3.05, 3.63) is 34.9 Å². The molecule has 0 radical (unpaired) electrons. The van der Waals surface area contributed by atoms with E-state index in [1.165, 1.54) is 0 Å². The number of benzene rings is 1. The van der Waals surface area contributed by atoms with Crippen molar-refractivity contribution in [2.24, 2.45) is 5.41 Å². The van der Waals surface area contributed by atoms with Gasteiger partial charge in [0.2, 0.25) is 0 Å². The van der Waals surface area contributed by atoms with E-state index in [1.807, 2.05) is 19.9 Å². The van der Waals surface area contributed by atoms with Gasteiger partial charge in [-0.3, -0.25) is 4.79 Å². The summed E-state index contributed by atoms with van der Waals surface area (Å²) in [6, 6.07) is 5.20. The zero-order valence-corrected chi connectivity index (χ0v) is 13.2. The second-order valence-corrected chi connectivity index (χ2v) is 6.31. The van der Waals surface area contributed by atoms with E-state index in [1.54, 1.807) is 26.0 Å². The summed E-state index contributed by atoms with van der Waals surface area (Å²) in [4.78, 5) is 10.8. The standard InChI is InChI=1S/C17H24F2O2/c1-5-12-7-8-13(6-2)14(9-12)17(18,19)11-16(3,4)10-15(20)21/h7-9H,5-6,10-11H2,1-4H3,(H,20,21). The largest absolute Gasteiger partial charge is 0.481 e. The number of alkyl halides is 2. The first-order chi connectivity index (χ1) is 9.61. The van der Waals surface area contributed by atoms with Gasteiger partial charge in [0.25, 0.3) is 5.92 Å². The van der Waals surface area contributed by atoms with Crippen molar-refractivity contribution in [1.29, 1.82) is 0 Å². The predicted octanol–water partition coefficient (Wildman–Crippen LogP) is 4.79. The topological polar surface area (TPSA) is 37.3 Å². The number of carbonyl (C=O) groups is 1. The highest BCUT2D eigenvalue weighted by Gasteiger charge is 2.40. The fourth-order valence-corrected chi connectivity index (χ4v) is 2.66. The number of halogens is 2. The van der Waals surface area contributed by atoms with Crippen molar-refractivity contribution in [2.75, 3.05) is 0 Å². The number of aryl methyl sites for hydroxylation is 2. The molecule has 21 heavy (non-hydrogen) atoms. The maximum Gasteiger partial charge on any atom is 0.303 e. The predicted molar refractivity (Wildman–Crippen MR) is 79.7 cm³/mol. The quantitative estimate of drug-likeness (QED) is 0.785. The number of hydrogen-bond acceptors (Lipinski definition) is 1. The third-order valence-corrected chi connectivity index (χ3v) is 3.69. The van der Waals surface area contributed by atoms with Crippen LogP contribution in [0.1, 0.15) is 57.2 Å². The summed E-state index contributed by atoms with van der Waals surface area (Å²) < 4.78 is 29.3. The molecule has 0 aromatic heterocycles. The van der Waals surface area contributed by atoms with Gasteiger partial charge in [-0.25, -0.2) is 8.78 Å². The van der Waals surface area contributed by atoms with E-state index in [0.717, 1.165) is 5.56 Å². The van der Waals surface area contributed by atoms with Crippen LogP contribution in [0, 0.1) is 5.41 Å². The molecule has 118 valence electrons. The van der Waals surface area contributed by atoms with Crippen LogP contribution in [-0.2, 0) is 23.6 Å². The number of hydrogen-bond donors (Lipinski definition) is 1. The number of rotatable bonds is 7. The Balaban J connectivity index is 3.14. The monoisotopic (exact) mass is 298 g/mol. The van der Waals surface area contributed by atoms with E-state index in [2.05, 4.69) is 0 Å². The Kier molecular flexibility index (Phi) is 5.48. The molecule has 0 bridgehead atoms. The number of carboxylic acid groups (broad SMARTS) is 1. The third-order valence-electron chi connectivity index (χ3n) is 3.69. The first-order valence-electron chi connectivity index (χ1n) is 7.33. The molecule has 0 atom stereocenters. The van der Waals surface area contributed by atoms with Gasteiger partial charge in [-0.05, 0) is 35.4 Å². The SMILES string of the molecule is CCc1ccc(CC)c(C(F)(F)CC(C)(C)CC(=O)O)c1. The minimum absolute atomic E-state index is 0.0443. The van der Waals surface area contributed by atoms with Gasteiger partial charge in [0.15, 0.2) is 0 Å². The van der Waals surface area contributed by atoms with Gasteiger partial charge in [0.05, 0.1) is 6.42 Å². The van der Waals surface area contributed by atoms with Crippen LogP contribution in [0.5, 0.6) is 0 Å². The van der Waals surface area contributed by atoms with Crippen LogP contribution in [0.25, 0.3) is 0 Å². The normalized spacial score (nSPS) is 12.5. The molecule has 0 amide bonds. The van der Waals surface area contributed by atoms with Gasteiger partial charge in [0.1, 0.15) is 0 Å². The minimum atomic E-state index is -3.02. The molecule has 0 heterocycles. The first-order valence-corrected chi connectivity index (χ1v) is 7.33. The van der Waals surface area contributed by atoms with Crippen LogP contribution >= 0.6 is 0 Å². The molecule has 0 unspecified atom stereocenters. The van der Waals surface area contributed by atoms with Crippen molar-refractivity contribution in [3.63, 3.8) is 0 Å². The van der Waals surface area contributed by atoms with Crippen molar-refractivity contribution < 1.29 is 18.7 Å². The van der Waals surface area contributed by atoms with E-state index in [-0.39, 0.29) is 12.0 Å². The lowest BCUT2D eigenvalue weighted by atomic mass is 9.80. The van der Waals surface area contributed by atoms with Gasteiger partial charge in [-0.15, -0.1) is 0 Å². The molecule has 1 rings (SSSR count). The van der Waals surface area contributed by atoms with E-state index in [4.69, 9.17) is 5.11 Å². The van der Waals surface area contributed by atoms with Crippen molar-refractivity contribution in [3.8, 4) is 0 Å². The summed E-state index contributed by atoms with van der Waals surface area (Å²) >= 11 is 0. The molecule has 0 aliphatic rings. The van der Waals surface area contributed by atoms with Crippen molar-refractivity contribution in [1.82, 2.24) is 0 Å². The lowest BCUT2D eigenvalue weighted by Crippen LogP contribution is -2.27. The van der Waals surface area contributed by atoms with Gasteiger partial charge in [-0.2, -0.15) is 0 Å². The molecule has 1 aromatic rings. The molecule has 0 aliphatic heterocycles. The summed E-state index contributed by atoms with van der Waals surface area (Å²) in [5.41, 5.74) is 0.590. The van der Waals surface area contributed by atoms with Crippen LogP contribution in [0.2, 0.25) is 0 Å². The summed E-state index contributed by atoms with van der Waals surface area (Å²) in [7, 11) is 0. The smallest absolute Gasteiger partial charge is 0.303 e. The van der Waals surface area contributed by atoms with Crippen molar-refractivity contribution in [2.45, 2.75) is 59.3 Å². The van der Waals surface area contributed by atoms with Gasteiger partial charge in [0, 0.05) is 12.0 Å². The Morgan fingerprint density at radius 1 is 1.19 bits per heavy atom. The summed E-state index contributed by atoms with van der Waals surface area (Å²) in [5.74, 6) is -4.07. The highest BCUT2D eigenvalue weighted by molar-refractivity contribution is 5.67. The van der Waals surface area contributed by atoms with Crippen LogP contribution in [0.4, 0.5) is 8.78 Å². The fourth-order valence-electron chi connectivity index (χ4n) is 2.66. The molecule has 0 saturated carbocycles. The van der Waals surface area contributed by atoms with Gasteiger partial charge >= 0.3 is 5.97 Å². The Morgan fingerprint density at radius 2 is 1.81 bits per heavy atom. The maximum absolute atomic E-state index is 14.7. The van der Waals surface area contributed by atoms with Gasteiger partial charge < -0.3 is 5.11 Å². The van der Waals surface area contributed by atoms with Crippen LogP contribution in [0.15, 0.2) is 18.2 Å². The summed E-state index contributed by atoms with van der Waals surface area (Å²) in [6.45, 7) is 6.93. The van der Waals surface area contributed by atoms with E-state index in [0.29, 0.717) is 18.4 Å². The zero-order chi connectivity index (χ0) is 16.3. The lowest BCUT2D eigenvalue weighted by molar-refractivity contribution is -0.140. The van der Waals surface area contributed by atoms with E-state index < -0.39 is 23.7 Å². The molecule has 0 fully saturated rings. The van der Waals surface area contributed by atoms with Crippen LogP contribution < -0.4 is 0 Å². The lowest BCUT2D eigenvalue weighted by Gasteiger charge is -2.29. The molecule has 0 spiro atoms. The molecular weight excluding hydrogens is 274 g/mol. The van der Waals surface area contributed by atoms with Crippen LogP contribution in [0.3, 0.4) is 0 Å². The maximum atomic E-state index is 14.7. The van der Waals surface area contributed by atoms with Crippen LogP contribution in [-0.4, -0.2) is 11.1 Å². The molecule has 2 nitrogen and oxygen atoms in total. The molecule has 0 aliphatic carbocycles. The molecule has 0 saturated heterocycles. The highest BCUT2D eigenvalue weighted by atomic mass is 19.3. The Labute approximate surface area is 125 Å². The second-order valence-electron chi connectivity index (χ2n) is 6.31. The molecule has 1 N–H and O–H groups in total. The average Bonchev–Trinajstić information content (AvgIpc) is 2.34. The number of carboxylic acids is 1. The average molecular weight is 298 g/mol. The van der Waals surface area contributed by atoms with E-state index >= 15 is 0 Å². The Morgan fingerprint density at radius 3 is 2.29 bits per heavy atom. The molecule has 1 aromatic carbocycles. The minimum Gasteiger partial charge on any atom is -0.481 e. The first kappa shape index (κ1) is 17.6. The Bertz CT molecular complexity index is 508. The number of aliphatic carboxylic acids is 1. The summed E-state index contributed by atoms with van der Waals surface area (Å²) in [6.07, 6.45) is 0.504. The van der Waals surface area contributed by atoms with Crippen molar-refractivity contribution >= 4 is 5.97 Å². The molecule has 4 heteroatoms. The molecular formula is C17H24F2O2.